The molecular weight excluding hydrogens is 424 g/mol. The number of rotatable bonds is 6. The monoisotopic (exact) mass is 450 g/mol. The molecule has 0 saturated carbocycles. The van der Waals surface area contributed by atoms with Crippen molar-refractivity contribution in [2.75, 3.05) is 24.9 Å². The Balaban J connectivity index is 1.56. The van der Waals surface area contributed by atoms with Crippen molar-refractivity contribution in [1.82, 2.24) is 0 Å². The minimum absolute atomic E-state index is 0.176. The Morgan fingerprint density at radius 1 is 0.812 bits per heavy atom. The van der Waals surface area contributed by atoms with Gasteiger partial charge in [-0.25, -0.2) is 0 Å². The smallest absolute Gasteiger partial charge is 0.265 e. The molecule has 1 aromatic heterocycles. The van der Waals surface area contributed by atoms with Crippen molar-refractivity contribution in [2.24, 2.45) is 0 Å². The predicted molar refractivity (Wildman–Crippen MR) is 127 cm³/mol. The Bertz CT molecular complexity index is 1100. The fourth-order valence-electron chi connectivity index (χ4n) is 3.84. The summed E-state index contributed by atoms with van der Waals surface area (Å²) in [5.41, 5.74) is 2.76. The van der Waals surface area contributed by atoms with Crippen LogP contribution in [0.4, 0.5) is 11.4 Å². The first kappa shape index (κ1) is 21.9. The standard InChI is InChI=1S/C25H26N2O4S/c1-30-20-15-19(27-25(29)23-13-17-11-7-4-8-12-22(17)32-23)21(31-2)14-18(20)26-24(28)16-9-5-3-6-10-16/h3,5-6,9-10,13-15H,4,7-8,11-12H2,1-2H3,(H,26,28)(H,27,29). The molecule has 0 saturated heterocycles. The van der Waals surface area contributed by atoms with Crippen LogP contribution < -0.4 is 20.1 Å². The van der Waals surface area contributed by atoms with E-state index in [4.69, 9.17) is 9.47 Å². The van der Waals surface area contributed by atoms with Gasteiger partial charge in [0, 0.05) is 22.6 Å². The SMILES string of the molecule is COc1cc(NC(=O)c2cc3c(s2)CCCCC3)c(OC)cc1NC(=O)c1ccccc1. The first-order valence-corrected chi connectivity index (χ1v) is 11.5. The van der Waals surface area contributed by atoms with Crippen LogP contribution in [0, 0.1) is 0 Å². The van der Waals surface area contributed by atoms with E-state index >= 15 is 0 Å². The summed E-state index contributed by atoms with van der Waals surface area (Å²) in [4.78, 5) is 27.6. The largest absolute Gasteiger partial charge is 0.494 e. The van der Waals surface area contributed by atoms with E-state index in [2.05, 4.69) is 10.6 Å². The van der Waals surface area contributed by atoms with E-state index in [9.17, 15) is 9.59 Å². The molecule has 2 amide bonds. The molecule has 0 unspecified atom stereocenters. The zero-order valence-corrected chi connectivity index (χ0v) is 19.0. The van der Waals surface area contributed by atoms with Crippen molar-refractivity contribution >= 4 is 34.5 Å². The van der Waals surface area contributed by atoms with Gasteiger partial charge in [-0.15, -0.1) is 11.3 Å². The van der Waals surface area contributed by atoms with E-state index in [1.165, 1.54) is 43.9 Å². The van der Waals surface area contributed by atoms with Crippen LogP contribution in [0.2, 0.25) is 0 Å². The van der Waals surface area contributed by atoms with Crippen molar-refractivity contribution < 1.29 is 19.1 Å². The van der Waals surface area contributed by atoms with Gasteiger partial charge in [0.2, 0.25) is 0 Å². The molecule has 1 aliphatic rings. The highest BCUT2D eigenvalue weighted by Crippen LogP contribution is 2.37. The summed E-state index contributed by atoms with van der Waals surface area (Å²) in [6, 6.07) is 14.2. The fraction of sp³-hybridized carbons (Fsp3) is 0.280. The van der Waals surface area contributed by atoms with Gasteiger partial charge < -0.3 is 20.1 Å². The molecule has 7 heteroatoms. The van der Waals surface area contributed by atoms with Crippen LogP contribution in [0.5, 0.6) is 11.5 Å². The molecule has 1 heterocycles. The summed E-state index contributed by atoms with van der Waals surface area (Å²) >= 11 is 1.57. The topological polar surface area (TPSA) is 76.7 Å². The van der Waals surface area contributed by atoms with Crippen LogP contribution in [-0.2, 0) is 12.8 Å². The highest BCUT2D eigenvalue weighted by molar-refractivity contribution is 7.14. The van der Waals surface area contributed by atoms with Crippen LogP contribution in [0.15, 0.2) is 48.5 Å². The highest BCUT2D eigenvalue weighted by atomic mass is 32.1. The molecule has 2 aromatic carbocycles. The number of hydrogen-bond donors (Lipinski definition) is 2. The number of methoxy groups -OCH3 is 2. The predicted octanol–water partition coefficient (Wildman–Crippen LogP) is 5.54. The van der Waals surface area contributed by atoms with Crippen LogP contribution in [-0.4, -0.2) is 26.0 Å². The number of benzene rings is 2. The van der Waals surface area contributed by atoms with Gasteiger partial charge in [-0.2, -0.15) is 0 Å². The molecule has 6 nitrogen and oxygen atoms in total. The van der Waals surface area contributed by atoms with Crippen LogP contribution in [0.25, 0.3) is 0 Å². The molecular formula is C25H26N2O4S. The molecule has 0 radical (unpaired) electrons. The number of fused-ring (bicyclic) bond motifs is 1. The van der Waals surface area contributed by atoms with E-state index < -0.39 is 0 Å². The van der Waals surface area contributed by atoms with Crippen molar-refractivity contribution in [2.45, 2.75) is 32.1 Å². The maximum atomic E-state index is 13.0. The molecule has 32 heavy (non-hydrogen) atoms. The van der Waals surface area contributed by atoms with Gasteiger partial charge in [-0.3, -0.25) is 9.59 Å². The number of anilines is 2. The van der Waals surface area contributed by atoms with Crippen LogP contribution in [0.3, 0.4) is 0 Å². The van der Waals surface area contributed by atoms with Gasteiger partial charge in [0.05, 0.1) is 30.5 Å². The number of carbonyl (C=O) groups excluding carboxylic acids is 2. The van der Waals surface area contributed by atoms with Gasteiger partial charge in [0.25, 0.3) is 11.8 Å². The summed E-state index contributed by atoms with van der Waals surface area (Å²) in [6.07, 6.45) is 5.67. The minimum Gasteiger partial charge on any atom is -0.494 e. The van der Waals surface area contributed by atoms with Crippen molar-refractivity contribution in [1.29, 1.82) is 0 Å². The van der Waals surface area contributed by atoms with E-state index in [-0.39, 0.29) is 11.8 Å². The van der Waals surface area contributed by atoms with Crippen molar-refractivity contribution in [3.8, 4) is 11.5 Å². The zero-order valence-electron chi connectivity index (χ0n) is 18.2. The summed E-state index contributed by atoms with van der Waals surface area (Å²) < 4.78 is 11.0. The molecule has 0 fully saturated rings. The number of aryl methyl sites for hydroxylation is 2. The third-order valence-corrected chi connectivity index (χ3v) is 6.76. The van der Waals surface area contributed by atoms with Crippen molar-refractivity contribution in [3.63, 3.8) is 0 Å². The van der Waals surface area contributed by atoms with Crippen LogP contribution >= 0.6 is 11.3 Å². The number of hydrogen-bond acceptors (Lipinski definition) is 5. The normalized spacial score (nSPS) is 12.9. The maximum absolute atomic E-state index is 13.0. The molecule has 2 N–H and O–H groups in total. The maximum Gasteiger partial charge on any atom is 0.265 e. The van der Waals surface area contributed by atoms with Crippen LogP contribution in [0.1, 0.15) is 49.7 Å². The van der Waals surface area contributed by atoms with E-state index in [0.29, 0.717) is 33.3 Å². The Kier molecular flexibility index (Phi) is 6.75. The lowest BCUT2D eigenvalue weighted by Gasteiger charge is -2.16. The molecule has 0 atom stereocenters. The van der Waals surface area contributed by atoms with Gasteiger partial charge in [-0.05, 0) is 49.4 Å². The molecule has 166 valence electrons. The summed E-state index contributed by atoms with van der Waals surface area (Å²) in [5, 5.41) is 5.79. The second kappa shape index (κ2) is 9.87. The molecule has 4 rings (SSSR count). The van der Waals surface area contributed by atoms with E-state index in [1.54, 1.807) is 47.7 Å². The Morgan fingerprint density at radius 2 is 1.44 bits per heavy atom. The van der Waals surface area contributed by atoms with E-state index in [1.807, 2.05) is 12.1 Å². The van der Waals surface area contributed by atoms with Crippen molar-refractivity contribution in [3.05, 3.63) is 69.4 Å². The number of carbonyl (C=O) groups is 2. The minimum atomic E-state index is -0.261. The lowest BCUT2D eigenvalue weighted by atomic mass is 10.1. The molecule has 0 spiro atoms. The summed E-state index contributed by atoms with van der Waals surface area (Å²) in [7, 11) is 3.04. The molecule has 0 bridgehead atoms. The lowest BCUT2D eigenvalue weighted by molar-refractivity contribution is 0.101. The average Bonchev–Trinajstić information content (AvgIpc) is 3.10. The number of nitrogens with one attached hydrogen (secondary N) is 2. The first-order valence-electron chi connectivity index (χ1n) is 10.6. The first-order chi connectivity index (χ1) is 15.6. The third kappa shape index (κ3) is 4.78. The molecule has 1 aliphatic carbocycles. The number of ether oxygens (including phenoxy) is 2. The second-order valence-corrected chi connectivity index (χ2v) is 8.78. The molecule has 3 aromatic rings. The van der Waals surface area contributed by atoms with Gasteiger partial charge in [0.1, 0.15) is 11.5 Å². The zero-order chi connectivity index (χ0) is 22.5. The lowest BCUT2D eigenvalue weighted by Crippen LogP contribution is -2.14. The average molecular weight is 451 g/mol. The number of thiophene rings is 1. The Hall–Kier alpha value is -3.32. The highest BCUT2D eigenvalue weighted by Gasteiger charge is 2.20. The Labute approximate surface area is 191 Å². The third-order valence-electron chi connectivity index (χ3n) is 5.52. The van der Waals surface area contributed by atoms with Gasteiger partial charge >= 0.3 is 0 Å². The Morgan fingerprint density at radius 3 is 2.09 bits per heavy atom. The van der Waals surface area contributed by atoms with Gasteiger partial charge in [0.15, 0.2) is 0 Å². The summed E-state index contributed by atoms with van der Waals surface area (Å²) in [5.74, 6) is 0.417. The fourth-order valence-corrected chi connectivity index (χ4v) is 4.99. The molecule has 0 aliphatic heterocycles. The van der Waals surface area contributed by atoms with E-state index in [0.717, 1.165) is 12.8 Å². The number of amides is 2. The second-order valence-electron chi connectivity index (χ2n) is 7.65. The van der Waals surface area contributed by atoms with Gasteiger partial charge in [-0.1, -0.05) is 24.6 Å². The quantitative estimate of drug-likeness (QED) is 0.484. The summed E-state index contributed by atoms with van der Waals surface area (Å²) in [6.45, 7) is 0.